The van der Waals surface area contributed by atoms with Crippen LogP contribution in [0.3, 0.4) is 0 Å². The van der Waals surface area contributed by atoms with Gasteiger partial charge in [-0.3, -0.25) is 5.06 Å². The maximum atomic E-state index is 17.0. The lowest BCUT2D eigenvalue weighted by molar-refractivity contribution is 0.141. The van der Waals surface area contributed by atoms with Gasteiger partial charge in [0, 0.05) is 0 Å². The average Bonchev–Trinajstić information content (AvgIpc) is 3.23. The number of hydrogen-bond donors (Lipinski definition) is 0. The number of benzene rings is 6. The fourth-order valence-electron chi connectivity index (χ4n) is 9.21. The molecule has 0 spiro atoms. The lowest BCUT2D eigenvalue weighted by Crippen LogP contribution is -2.75. The van der Waals surface area contributed by atoms with Crippen molar-refractivity contribution in [2.75, 3.05) is 16.1 Å². The van der Waals surface area contributed by atoms with Crippen molar-refractivity contribution in [3.05, 3.63) is 189 Å². The molecule has 0 saturated carbocycles. The second-order valence-corrected chi connectivity index (χ2v) is 19.2. The van der Waals surface area contributed by atoms with Gasteiger partial charge in [0.25, 0.3) is 0 Å². The van der Waals surface area contributed by atoms with Crippen LogP contribution in [0, 0.1) is 99.7 Å². The number of hydroxylamine groups is 1. The molecule has 1 aliphatic heterocycles. The summed E-state index contributed by atoms with van der Waals surface area (Å²) in [5, 5.41) is 1.94. The topological polar surface area (TPSA) is 24.9 Å². The van der Waals surface area contributed by atoms with Crippen LogP contribution in [-0.2, 0) is 9.51 Å². The molecule has 0 aliphatic carbocycles. The van der Waals surface area contributed by atoms with Gasteiger partial charge in [-0.15, -0.1) is 6.58 Å². The Kier molecular flexibility index (Phi) is 11.9. The predicted octanol–water partition coefficient (Wildman–Crippen LogP) is 10.9. The summed E-state index contributed by atoms with van der Waals surface area (Å²) in [5.74, 6) is -26.8. The Balaban J connectivity index is 1.86. The number of para-hydroxylation sites is 2. The van der Waals surface area contributed by atoms with Gasteiger partial charge >= 0.3 is 6.55 Å². The van der Waals surface area contributed by atoms with E-state index in [2.05, 4.69) is 6.58 Å². The minimum absolute atomic E-state index is 0.0215. The molecule has 0 N–H and O–H groups in total. The first kappa shape index (κ1) is 45.4. The van der Waals surface area contributed by atoms with Crippen molar-refractivity contribution < 1.29 is 53.4 Å². The van der Waals surface area contributed by atoms with Crippen LogP contribution < -0.4 is 31.4 Å². The molecular weight excluding hydrogens is 856 g/mol. The van der Waals surface area contributed by atoms with E-state index < -0.39 is 88.6 Å². The number of halogens is 10. The Bertz CT molecular complexity index is 2580. The molecule has 1 saturated heterocycles. The third-order valence-corrected chi connectivity index (χ3v) is 16.4. The number of aryl methyl sites for hydroxylation is 6. The van der Waals surface area contributed by atoms with E-state index in [9.17, 15) is 0 Å². The predicted molar refractivity (Wildman–Crippen MR) is 228 cm³/mol. The van der Waals surface area contributed by atoms with E-state index in [1.54, 1.807) is 46.8 Å². The van der Waals surface area contributed by atoms with Crippen molar-refractivity contribution in [3.63, 3.8) is 0 Å². The van der Waals surface area contributed by atoms with Gasteiger partial charge in [-0.1, -0.05) is 88.8 Å². The molecule has 63 heavy (non-hydrogen) atoms. The monoisotopic (exact) mass is 896 g/mol. The summed E-state index contributed by atoms with van der Waals surface area (Å²) in [6.45, 7) is 11.1. The molecule has 0 unspecified atom stereocenters. The van der Waals surface area contributed by atoms with Crippen LogP contribution >= 0.6 is 7.41 Å². The Hall–Kier alpha value is -5.63. The zero-order chi connectivity index (χ0) is 46.1. The third kappa shape index (κ3) is 7.09. The molecule has 0 radical (unpaired) electrons. The summed E-state index contributed by atoms with van der Waals surface area (Å²) < 4.78 is 175. The molecule has 7 rings (SSSR count). The smallest absolute Gasteiger partial charge is 0.355 e. The second-order valence-electron chi connectivity index (χ2n) is 16.1. The van der Waals surface area contributed by atoms with E-state index >= 15 is 43.9 Å². The Morgan fingerprint density at radius 2 is 0.857 bits per heavy atom. The maximum absolute atomic E-state index is 17.0. The first-order valence-corrected chi connectivity index (χ1v) is 21.5. The van der Waals surface area contributed by atoms with E-state index in [1.807, 2.05) is 38.1 Å². The number of rotatable bonds is 7. The fraction of sp³-hybridized carbons (Fsp3) is 0.191. The molecule has 0 aromatic heterocycles. The molecule has 0 bridgehead atoms. The summed E-state index contributed by atoms with van der Waals surface area (Å²) in [6, 6.07) is 22.3. The molecular formula is C47H40BF10N2O2P. The van der Waals surface area contributed by atoms with Crippen LogP contribution in [0.1, 0.15) is 40.3 Å². The van der Waals surface area contributed by atoms with E-state index in [4.69, 9.17) is 9.51 Å². The van der Waals surface area contributed by atoms with Crippen molar-refractivity contribution in [2.24, 2.45) is 0 Å². The number of nitrogens with zero attached hydrogens (tertiary/aromatic N) is 2. The summed E-state index contributed by atoms with van der Waals surface area (Å²) >= 11 is 0. The number of hydrogen-bond acceptors (Lipinski definition) is 4. The van der Waals surface area contributed by atoms with Gasteiger partial charge in [-0.05, 0) is 95.0 Å². The normalized spacial score (nSPS) is 17.4. The van der Waals surface area contributed by atoms with Crippen LogP contribution in [0.2, 0.25) is 0 Å². The molecule has 0 amide bonds. The first-order valence-electron chi connectivity index (χ1n) is 19.6. The zero-order valence-electron chi connectivity index (χ0n) is 35.1. The highest BCUT2D eigenvalue weighted by molar-refractivity contribution is 7.91. The standard InChI is InChI=1S/C47H40BF10N2O2P/c1-9-47(8)24-63(45-27(4)20-25(2)21-28(45)5,46-29(6)22-26(3)23-30(46)7)60(32-18-14-11-15-19-32)62-48(61-59(47)31-16-12-10-13-17-31,33-35(49)39(53)43(57)40(54)36(33)50)34-37(51)41(55)44(58)42(56)38(34)52/h9-23H,1,24H2,2-8H3/t47-/m1/s1. The van der Waals surface area contributed by atoms with Gasteiger partial charge in [0.1, 0.15) is 51.3 Å². The van der Waals surface area contributed by atoms with E-state index in [-0.39, 0.29) is 17.5 Å². The second kappa shape index (κ2) is 16.5. The van der Waals surface area contributed by atoms with Crippen molar-refractivity contribution in [1.82, 2.24) is 0 Å². The molecule has 6 aromatic rings. The average molecular weight is 897 g/mol. The lowest BCUT2D eigenvalue weighted by atomic mass is 9.45. The van der Waals surface area contributed by atoms with Crippen molar-refractivity contribution >= 4 is 46.9 Å². The van der Waals surface area contributed by atoms with Crippen LogP contribution in [0.25, 0.3) is 0 Å². The minimum Gasteiger partial charge on any atom is -0.445 e. The maximum Gasteiger partial charge on any atom is 0.355 e. The van der Waals surface area contributed by atoms with E-state index in [1.165, 1.54) is 54.6 Å². The molecule has 1 aliphatic rings. The van der Waals surface area contributed by atoms with Gasteiger partial charge in [-0.2, -0.15) is 4.83 Å². The summed E-state index contributed by atoms with van der Waals surface area (Å²) in [6.07, 6.45) is 1.21. The lowest BCUT2D eigenvalue weighted by Gasteiger charge is -2.58. The molecule has 4 nitrogen and oxygen atoms in total. The molecule has 328 valence electrons. The Morgan fingerprint density at radius 1 is 0.524 bits per heavy atom. The molecule has 6 aromatic carbocycles. The Morgan fingerprint density at radius 3 is 1.21 bits per heavy atom. The van der Waals surface area contributed by atoms with Crippen LogP contribution in [0.15, 0.2) is 97.6 Å². The van der Waals surface area contributed by atoms with Gasteiger partial charge in [0.2, 0.25) is 0 Å². The summed E-state index contributed by atoms with van der Waals surface area (Å²) in [4.78, 5) is 1.09. The highest BCUT2D eigenvalue weighted by Crippen LogP contribution is 2.67. The van der Waals surface area contributed by atoms with Crippen molar-refractivity contribution in [2.45, 2.75) is 54.0 Å². The summed E-state index contributed by atoms with van der Waals surface area (Å²) in [7, 11) is -4.01. The van der Waals surface area contributed by atoms with E-state index in [0.717, 1.165) is 21.0 Å². The van der Waals surface area contributed by atoms with Crippen LogP contribution in [0.5, 0.6) is 0 Å². The molecule has 1 heterocycles. The quantitative estimate of drug-likeness (QED) is 0.0398. The van der Waals surface area contributed by atoms with Gasteiger partial charge in [0.15, 0.2) is 42.3 Å². The minimum atomic E-state index is -5.47. The Labute approximate surface area is 358 Å². The molecule has 1 fully saturated rings. The highest BCUT2D eigenvalue weighted by atomic mass is 31.2. The zero-order valence-corrected chi connectivity index (χ0v) is 36.0. The summed E-state index contributed by atoms with van der Waals surface area (Å²) in [5.41, 5.74) is -2.13. The highest BCUT2D eigenvalue weighted by Gasteiger charge is 2.63. The van der Waals surface area contributed by atoms with Crippen molar-refractivity contribution in [1.29, 1.82) is 0 Å². The van der Waals surface area contributed by atoms with E-state index in [0.29, 0.717) is 32.9 Å². The molecule has 1 atom stereocenters. The fourth-order valence-corrected chi connectivity index (χ4v) is 14.8. The van der Waals surface area contributed by atoms with Gasteiger partial charge < -0.3 is 9.51 Å². The van der Waals surface area contributed by atoms with Gasteiger partial charge in [-0.25, -0.2) is 43.9 Å². The SMILES string of the molecule is C=C[C@]1(C)C[P+](c2c(C)cc(C)cc2C)(c2c(C)cc(C)cc2C)N(c2ccccc2)O[B-](c2c(F)c(F)c(F)c(F)c2F)(c2c(F)c(F)c(F)c(F)c2F)ON1c1ccccc1. The largest absolute Gasteiger partial charge is 0.445 e. The van der Waals surface area contributed by atoms with Crippen LogP contribution in [-0.4, -0.2) is 18.3 Å². The third-order valence-electron chi connectivity index (χ3n) is 11.5. The first-order chi connectivity index (χ1) is 29.7. The van der Waals surface area contributed by atoms with Gasteiger partial charge in [0.05, 0.1) is 5.69 Å². The van der Waals surface area contributed by atoms with Crippen LogP contribution in [0.4, 0.5) is 55.3 Å². The number of anilines is 2. The molecule has 16 heteroatoms. The van der Waals surface area contributed by atoms with Crippen molar-refractivity contribution in [3.8, 4) is 0 Å².